The zero-order valence-corrected chi connectivity index (χ0v) is 18.1. The lowest BCUT2D eigenvalue weighted by atomic mass is 10.1. The Morgan fingerprint density at radius 3 is 2.71 bits per heavy atom. The number of nitrogens with one attached hydrogen (secondary N) is 1. The molecule has 2 aromatic rings. The van der Waals surface area contributed by atoms with E-state index in [2.05, 4.69) is 25.3 Å². The van der Waals surface area contributed by atoms with E-state index in [-0.39, 0.29) is 36.0 Å². The topological polar surface area (TPSA) is 184 Å². The molecule has 0 saturated heterocycles. The van der Waals surface area contributed by atoms with Crippen LogP contribution < -0.4 is 16.8 Å². The molecule has 1 unspecified atom stereocenters. The highest BCUT2D eigenvalue weighted by atomic mass is 35.5. The predicted octanol–water partition coefficient (Wildman–Crippen LogP) is 1.54. The number of guanidine groups is 1. The zero-order valence-electron chi connectivity index (χ0n) is 16.6. The number of nitrogens with two attached hydrogens (primary N) is 2. The van der Waals surface area contributed by atoms with Gasteiger partial charge in [-0.25, -0.2) is 19.6 Å². The Morgan fingerprint density at radius 2 is 2.00 bits per heavy atom. The van der Waals surface area contributed by atoms with Crippen LogP contribution in [0.15, 0.2) is 11.3 Å². The van der Waals surface area contributed by atoms with Crippen molar-refractivity contribution in [3.8, 4) is 0 Å². The Labute approximate surface area is 188 Å². The van der Waals surface area contributed by atoms with Crippen LogP contribution in [0.25, 0.3) is 11.2 Å². The lowest BCUT2D eigenvalue weighted by Crippen LogP contribution is -2.41. The van der Waals surface area contributed by atoms with Crippen molar-refractivity contribution in [1.82, 2.24) is 24.8 Å². The second-order valence-corrected chi connectivity index (χ2v) is 7.27. The van der Waals surface area contributed by atoms with Gasteiger partial charge >= 0.3 is 12.1 Å². The highest BCUT2D eigenvalue weighted by Gasteiger charge is 2.20. The van der Waals surface area contributed by atoms with E-state index in [1.54, 1.807) is 6.33 Å². The minimum Gasteiger partial charge on any atom is -0.480 e. The van der Waals surface area contributed by atoms with Crippen molar-refractivity contribution >= 4 is 52.4 Å². The van der Waals surface area contributed by atoms with Gasteiger partial charge in [-0.3, -0.25) is 4.99 Å². The maximum atomic E-state index is 11.8. The van der Waals surface area contributed by atoms with Crippen LogP contribution in [0.1, 0.15) is 32.1 Å². The molecule has 2 rings (SSSR count). The highest BCUT2D eigenvalue weighted by Crippen LogP contribution is 2.20. The molecule has 12 nitrogen and oxygen atoms in total. The number of carbonyl (C=O) groups excluding carboxylic acids is 1. The van der Waals surface area contributed by atoms with Crippen molar-refractivity contribution in [2.24, 2.45) is 16.5 Å². The molecule has 0 aliphatic carbocycles. The lowest BCUT2D eigenvalue weighted by Gasteiger charge is -2.14. The molecule has 0 fully saturated rings. The number of carboxylic acids is 1. The Hall–Kier alpha value is -2.86. The Balaban J connectivity index is 1.66. The van der Waals surface area contributed by atoms with E-state index in [1.807, 2.05) is 4.57 Å². The van der Waals surface area contributed by atoms with Crippen LogP contribution in [0, 0.1) is 0 Å². The van der Waals surface area contributed by atoms with E-state index in [4.69, 9.17) is 39.4 Å². The fourth-order valence-corrected chi connectivity index (χ4v) is 3.14. The summed E-state index contributed by atoms with van der Waals surface area (Å²) in [6.45, 7) is 1.07. The molecule has 170 valence electrons. The molecule has 0 aliphatic rings. The molecule has 0 spiro atoms. The van der Waals surface area contributed by atoms with Gasteiger partial charge in [-0.2, -0.15) is 4.98 Å². The van der Waals surface area contributed by atoms with Crippen LogP contribution in [0.2, 0.25) is 10.4 Å². The van der Waals surface area contributed by atoms with Crippen LogP contribution in [0.3, 0.4) is 0 Å². The molecular formula is C17H24Cl2N8O4. The fourth-order valence-electron chi connectivity index (χ4n) is 2.72. The average Bonchev–Trinajstić information content (AvgIpc) is 3.09. The zero-order chi connectivity index (χ0) is 22.8. The van der Waals surface area contributed by atoms with Crippen molar-refractivity contribution in [1.29, 1.82) is 0 Å². The van der Waals surface area contributed by atoms with Gasteiger partial charge in [0.05, 0.1) is 12.9 Å². The van der Waals surface area contributed by atoms with Crippen LogP contribution >= 0.6 is 23.2 Å². The summed E-state index contributed by atoms with van der Waals surface area (Å²) in [7, 11) is 0. The smallest absolute Gasteiger partial charge is 0.407 e. The monoisotopic (exact) mass is 474 g/mol. The number of ether oxygens (including phenoxy) is 1. The normalized spacial score (nSPS) is 11.8. The van der Waals surface area contributed by atoms with Crippen molar-refractivity contribution in [2.75, 3.05) is 13.2 Å². The first kappa shape index (κ1) is 24.4. The Bertz CT molecular complexity index is 932. The summed E-state index contributed by atoms with van der Waals surface area (Å²) in [5.41, 5.74) is 11.4. The number of aliphatic carboxylic acids is 1. The number of aliphatic imine (C=N–C) groups is 1. The van der Waals surface area contributed by atoms with E-state index in [1.165, 1.54) is 0 Å². The number of aryl methyl sites for hydroxylation is 1. The minimum absolute atomic E-state index is 0.0505. The first-order chi connectivity index (χ1) is 14.8. The van der Waals surface area contributed by atoms with Gasteiger partial charge in [0, 0.05) is 13.1 Å². The molecule has 14 heteroatoms. The maximum absolute atomic E-state index is 11.8. The number of rotatable bonds is 12. The SMILES string of the molecule is NC(N)=NCCCC(NC(=O)OCCCCCn1cnc2c(Cl)nc(Cl)nc21)C(=O)O. The number of hydrogen-bond acceptors (Lipinski definition) is 7. The maximum Gasteiger partial charge on any atom is 0.407 e. The Kier molecular flexibility index (Phi) is 9.53. The fraction of sp³-hybridized carbons (Fsp3) is 0.529. The third-order valence-corrected chi connectivity index (χ3v) is 4.64. The summed E-state index contributed by atoms with van der Waals surface area (Å²) in [5, 5.41) is 11.8. The van der Waals surface area contributed by atoms with Crippen LogP contribution in [-0.2, 0) is 16.1 Å². The molecule has 0 radical (unpaired) electrons. The van der Waals surface area contributed by atoms with E-state index in [0.717, 1.165) is 12.8 Å². The molecular weight excluding hydrogens is 451 g/mol. The number of carbonyl (C=O) groups is 2. The minimum atomic E-state index is -1.15. The summed E-state index contributed by atoms with van der Waals surface area (Å²) < 4.78 is 6.87. The number of aromatic nitrogens is 4. The van der Waals surface area contributed by atoms with Crippen molar-refractivity contribution < 1.29 is 19.4 Å². The molecule has 1 amide bonds. The molecule has 0 saturated carbocycles. The van der Waals surface area contributed by atoms with Gasteiger partial charge in [0.2, 0.25) is 5.28 Å². The summed E-state index contributed by atoms with van der Waals surface area (Å²) >= 11 is 11.8. The van der Waals surface area contributed by atoms with Gasteiger partial charge < -0.3 is 31.2 Å². The van der Waals surface area contributed by atoms with Crippen LogP contribution in [-0.4, -0.2) is 61.8 Å². The van der Waals surface area contributed by atoms with Gasteiger partial charge in [-0.05, 0) is 43.7 Å². The largest absolute Gasteiger partial charge is 0.480 e. The standard InChI is InChI=1S/C17H24Cl2N8O4/c18-12-11-13(26-15(19)25-12)27(9-23-11)7-2-1-3-8-31-17(30)24-10(14(28)29)5-4-6-22-16(20)21/h9-10H,1-8H2,(H,24,30)(H,28,29)(H4,20,21,22). The molecule has 2 aromatic heterocycles. The molecule has 6 N–H and O–H groups in total. The lowest BCUT2D eigenvalue weighted by molar-refractivity contribution is -0.139. The third-order valence-electron chi connectivity index (χ3n) is 4.21. The van der Waals surface area contributed by atoms with Crippen molar-refractivity contribution in [3.63, 3.8) is 0 Å². The average molecular weight is 475 g/mol. The highest BCUT2D eigenvalue weighted by molar-refractivity contribution is 6.35. The van der Waals surface area contributed by atoms with Crippen molar-refractivity contribution in [3.05, 3.63) is 16.8 Å². The van der Waals surface area contributed by atoms with Crippen LogP contribution in [0.4, 0.5) is 4.79 Å². The number of fused-ring (bicyclic) bond motifs is 1. The summed E-state index contributed by atoms with van der Waals surface area (Å²) in [4.78, 5) is 39.0. The molecule has 2 heterocycles. The number of unbranched alkanes of at least 4 members (excludes halogenated alkanes) is 2. The van der Waals surface area contributed by atoms with Gasteiger partial charge in [0.1, 0.15) is 11.6 Å². The van der Waals surface area contributed by atoms with Gasteiger partial charge in [0.25, 0.3) is 0 Å². The number of amides is 1. The molecule has 0 aromatic carbocycles. The number of alkyl carbamates (subject to hydrolysis) is 1. The molecule has 0 aliphatic heterocycles. The molecule has 31 heavy (non-hydrogen) atoms. The number of imidazole rings is 1. The first-order valence-electron chi connectivity index (χ1n) is 9.53. The van der Waals surface area contributed by atoms with Crippen molar-refractivity contribution in [2.45, 2.75) is 44.7 Å². The number of carboxylic acid groups (broad SMARTS) is 1. The number of nitrogens with zero attached hydrogens (tertiary/aromatic N) is 5. The van der Waals surface area contributed by atoms with E-state index < -0.39 is 18.1 Å². The van der Waals surface area contributed by atoms with E-state index >= 15 is 0 Å². The predicted molar refractivity (Wildman–Crippen MR) is 115 cm³/mol. The van der Waals surface area contributed by atoms with Crippen LogP contribution in [0.5, 0.6) is 0 Å². The number of hydrogen-bond donors (Lipinski definition) is 4. The second-order valence-electron chi connectivity index (χ2n) is 6.57. The van der Waals surface area contributed by atoms with Gasteiger partial charge in [-0.15, -0.1) is 0 Å². The van der Waals surface area contributed by atoms with E-state index in [9.17, 15) is 14.7 Å². The third kappa shape index (κ3) is 8.06. The Morgan fingerprint density at radius 1 is 1.23 bits per heavy atom. The summed E-state index contributed by atoms with van der Waals surface area (Å²) in [6.07, 6.45) is 3.56. The van der Waals surface area contributed by atoms with E-state index in [0.29, 0.717) is 30.6 Å². The van der Waals surface area contributed by atoms with Gasteiger partial charge in [0.15, 0.2) is 16.8 Å². The summed E-state index contributed by atoms with van der Waals surface area (Å²) in [5.74, 6) is -1.22. The van der Waals surface area contributed by atoms with Gasteiger partial charge in [-0.1, -0.05) is 11.6 Å². The number of halogens is 2. The summed E-state index contributed by atoms with van der Waals surface area (Å²) in [6, 6.07) is -1.07. The second kappa shape index (κ2) is 12.1. The molecule has 0 bridgehead atoms. The molecule has 1 atom stereocenters. The quantitative estimate of drug-likeness (QED) is 0.116. The first-order valence-corrected chi connectivity index (χ1v) is 10.3.